The third-order valence-corrected chi connectivity index (χ3v) is 6.18. The van der Waals surface area contributed by atoms with Gasteiger partial charge in [0.25, 0.3) is 5.56 Å². The Labute approximate surface area is 204 Å². The molecular formula is C28H28N2O5. The lowest BCUT2D eigenvalue weighted by Crippen LogP contribution is -2.54. The van der Waals surface area contributed by atoms with E-state index in [1.54, 1.807) is 24.4 Å². The minimum atomic E-state index is -0.915. The Kier molecular flexibility index (Phi) is 6.77. The Morgan fingerprint density at radius 3 is 2.57 bits per heavy atom. The van der Waals surface area contributed by atoms with Gasteiger partial charge in [0.15, 0.2) is 6.10 Å². The van der Waals surface area contributed by atoms with E-state index in [1.165, 1.54) is 17.6 Å². The number of carbonyl (C=O) groups is 1. The van der Waals surface area contributed by atoms with Crippen molar-refractivity contribution in [2.45, 2.75) is 58.2 Å². The van der Waals surface area contributed by atoms with Crippen molar-refractivity contribution < 1.29 is 19.0 Å². The summed E-state index contributed by atoms with van der Waals surface area (Å²) >= 11 is 0. The summed E-state index contributed by atoms with van der Waals surface area (Å²) in [6, 6.07) is 19.7. The molecule has 0 fully saturated rings. The van der Waals surface area contributed by atoms with E-state index in [9.17, 15) is 14.9 Å². The zero-order valence-corrected chi connectivity index (χ0v) is 20.2. The van der Waals surface area contributed by atoms with Crippen LogP contribution in [0.1, 0.15) is 62.1 Å². The van der Waals surface area contributed by atoms with E-state index in [4.69, 9.17) is 14.2 Å². The molecule has 0 bridgehead atoms. The fourth-order valence-electron chi connectivity index (χ4n) is 4.39. The molecular weight excluding hydrogens is 444 g/mol. The molecule has 0 radical (unpaired) electrons. The fraction of sp³-hybridized carbons (Fsp3) is 0.321. The molecule has 0 saturated heterocycles. The highest BCUT2D eigenvalue weighted by Gasteiger charge is 2.47. The molecule has 0 saturated carbocycles. The molecule has 0 spiro atoms. The third-order valence-electron chi connectivity index (χ3n) is 6.18. The van der Waals surface area contributed by atoms with Gasteiger partial charge in [0, 0.05) is 24.8 Å². The first-order valence-electron chi connectivity index (χ1n) is 11.5. The van der Waals surface area contributed by atoms with Crippen LogP contribution < -0.4 is 10.3 Å². The van der Waals surface area contributed by atoms with Crippen LogP contribution in [0.15, 0.2) is 71.7 Å². The number of hydrogen-bond acceptors (Lipinski definition) is 6. The summed E-state index contributed by atoms with van der Waals surface area (Å²) in [6.45, 7) is 7.28. The lowest BCUT2D eigenvalue weighted by molar-refractivity contribution is -0.163. The number of aromatic nitrogens is 1. The highest BCUT2D eigenvalue weighted by molar-refractivity contribution is 5.66. The molecule has 3 aromatic rings. The minimum absolute atomic E-state index is 0.272. The van der Waals surface area contributed by atoms with Crippen molar-refractivity contribution >= 4 is 5.97 Å². The second-order valence-electron chi connectivity index (χ2n) is 9.19. The maximum atomic E-state index is 13.4. The van der Waals surface area contributed by atoms with E-state index < -0.39 is 23.7 Å². The highest BCUT2D eigenvalue weighted by Crippen LogP contribution is 2.43. The van der Waals surface area contributed by atoms with Crippen LogP contribution in [-0.2, 0) is 20.9 Å². The van der Waals surface area contributed by atoms with Crippen molar-refractivity contribution in [2.24, 2.45) is 0 Å². The summed E-state index contributed by atoms with van der Waals surface area (Å²) in [5, 5.41) is 9.44. The van der Waals surface area contributed by atoms with E-state index >= 15 is 0 Å². The molecule has 180 valence electrons. The zero-order chi connectivity index (χ0) is 25.2. The number of benzene rings is 2. The SMILES string of the molecule is CC(=O)O[C@@H]1[C@@H](n2ccc(C(C)OCc3ccccc3)cc2=O)c2cc(C#N)ccc2OC1(C)C. The van der Waals surface area contributed by atoms with Gasteiger partial charge in [0.2, 0.25) is 0 Å². The molecule has 0 amide bonds. The molecule has 7 heteroatoms. The third kappa shape index (κ3) is 5.13. The molecule has 1 unspecified atom stereocenters. The van der Waals surface area contributed by atoms with Crippen molar-refractivity contribution in [3.8, 4) is 11.8 Å². The number of carbonyl (C=O) groups excluding carboxylic acids is 1. The maximum absolute atomic E-state index is 13.4. The number of hydrogen-bond donors (Lipinski definition) is 0. The topological polar surface area (TPSA) is 90.5 Å². The van der Waals surface area contributed by atoms with Gasteiger partial charge in [-0.2, -0.15) is 5.26 Å². The standard InChI is InChI=1S/C28H28N2O5/c1-18(33-17-20-8-6-5-7-9-20)22-12-13-30(25(32)15-22)26-23-14-21(16-29)10-11-24(23)35-28(3,4)27(26)34-19(2)31/h5-15,18,26-27H,17H2,1-4H3/t18?,26-,27+/m0/s1. The smallest absolute Gasteiger partial charge is 0.303 e. The van der Waals surface area contributed by atoms with Crippen LogP contribution in [0.5, 0.6) is 5.75 Å². The van der Waals surface area contributed by atoms with Crippen LogP contribution in [-0.4, -0.2) is 22.2 Å². The number of fused-ring (bicyclic) bond motifs is 1. The van der Waals surface area contributed by atoms with E-state index in [0.29, 0.717) is 23.5 Å². The van der Waals surface area contributed by atoms with Crippen LogP contribution in [0.4, 0.5) is 0 Å². The lowest BCUT2D eigenvalue weighted by atomic mass is 9.85. The summed E-state index contributed by atoms with van der Waals surface area (Å²) in [5.74, 6) is 0.0575. The second-order valence-corrected chi connectivity index (χ2v) is 9.19. The van der Waals surface area contributed by atoms with E-state index in [2.05, 4.69) is 6.07 Å². The molecule has 7 nitrogen and oxygen atoms in total. The Bertz CT molecular complexity index is 1320. The molecule has 1 aliphatic rings. The summed E-state index contributed by atoms with van der Waals surface area (Å²) in [5.41, 5.74) is 1.63. The van der Waals surface area contributed by atoms with Gasteiger partial charge in [-0.3, -0.25) is 9.59 Å². The number of rotatable bonds is 6. The van der Waals surface area contributed by atoms with E-state index in [-0.39, 0.29) is 11.7 Å². The highest BCUT2D eigenvalue weighted by atomic mass is 16.6. The van der Waals surface area contributed by atoms with Gasteiger partial charge in [0.05, 0.1) is 24.3 Å². The molecule has 4 rings (SSSR count). The molecule has 0 aliphatic carbocycles. The van der Waals surface area contributed by atoms with Crippen molar-refractivity contribution in [1.29, 1.82) is 5.26 Å². The summed E-state index contributed by atoms with van der Waals surface area (Å²) in [4.78, 5) is 25.4. The molecule has 1 aromatic heterocycles. The first-order valence-corrected chi connectivity index (χ1v) is 11.5. The number of ether oxygens (including phenoxy) is 3. The lowest BCUT2D eigenvalue weighted by Gasteiger charge is -2.44. The van der Waals surface area contributed by atoms with Crippen molar-refractivity contribution in [1.82, 2.24) is 4.57 Å². The van der Waals surface area contributed by atoms with Gasteiger partial charge >= 0.3 is 5.97 Å². The normalized spacial score (nSPS) is 19.1. The first kappa shape index (κ1) is 24.2. The molecule has 0 N–H and O–H groups in total. The van der Waals surface area contributed by atoms with Gasteiger partial charge in [-0.25, -0.2) is 0 Å². The Morgan fingerprint density at radius 2 is 1.91 bits per heavy atom. The number of esters is 1. The van der Waals surface area contributed by atoms with Gasteiger partial charge in [0.1, 0.15) is 17.4 Å². The average molecular weight is 473 g/mol. The average Bonchev–Trinajstić information content (AvgIpc) is 2.83. The quantitative estimate of drug-likeness (QED) is 0.484. The van der Waals surface area contributed by atoms with Crippen LogP contribution in [0.25, 0.3) is 0 Å². The van der Waals surface area contributed by atoms with E-state index in [1.807, 2.05) is 57.2 Å². The summed E-state index contributed by atoms with van der Waals surface area (Å²) < 4.78 is 19.3. The van der Waals surface area contributed by atoms with Gasteiger partial charge in [-0.1, -0.05) is 30.3 Å². The molecule has 1 aliphatic heterocycles. The Balaban J connectivity index is 1.71. The molecule has 2 aromatic carbocycles. The van der Waals surface area contributed by atoms with Crippen LogP contribution in [0, 0.1) is 11.3 Å². The summed E-state index contributed by atoms with van der Waals surface area (Å²) in [7, 11) is 0. The summed E-state index contributed by atoms with van der Waals surface area (Å²) in [6.07, 6.45) is 0.591. The van der Waals surface area contributed by atoms with Gasteiger partial charge in [-0.05, 0) is 56.2 Å². The predicted octanol–water partition coefficient (Wildman–Crippen LogP) is 4.69. The molecule has 3 atom stereocenters. The zero-order valence-electron chi connectivity index (χ0n) is 20.2. The van der Waals surface area contributed by atoms with Crippen molar-refractivity contribution in [3.63, 3.8) is 0 Å². The Morgan fingerprint density at radius 1 is 1.17 bits per heavy atom. The maximum Gasteiger partial charge on any atom is 0.303 e. The number of nitriles is 1. The predicted molar refractivity (Wildman–Crippen MR) is 130 cm³/mol. The van der Waals surface area contributed by atoms with Crippen molar-refractivity contribution in [3.05, 3.63) is 99.5 Å². The Hall–Kier alpha value is -3.89. The minimum Gasteiger partial charge on any atom is -0.484 e. The number of pyridine rings is 1. The van der Waals surface area contributed by atoms with Gasteiger partial charge < -0.3 is 18.8 Å². The van der Waals surface area contributed by atoms with Crippen LogP contribution in [0.3, 0.4) is 0 Å². The largest absolute Gasteiger partial charge is 0.484 e. The monoisotopic (exact) mass is 472 g/mol. The first-order chi connectivity index (χ1) is 16.7. The van der Waals surface area contributed by atoms with Crippen LogP contribution >= 0.6 is 0 Å². The number of nitrogens with zero attached hydrogens (tertiary/aromatic N) is 2. The van der Waals surface area contributed by atoms with Crippen LogP contribution in [0.2, 0.25) is 0 Å². The second kappa shape index (κ2) is 9.77. The fourth-order valence-corrected chi connectivity index (χ4v) is 4.39. The molecule has 2 heterocycles. The van der Waals surface area contributed by atoms with Gasteiger partial charge in [-0.15, -0.1) is 0 Å². The molecule has 35 heavy (non-hydrogen) atoms. The van der Waals surface area contributed by atoms with Crippen molar-refractivity contribution in [2.75, 3.05) is 0 Å². The van der Waals surface area contributed by atoms with E-state index in [0.717, 1.165) is 11.1 Å².